The topological polar surface area (TPSA) is 32.7 Å². The Kier molecular flexibility index (Phi) is 3.91. The molecule has 0 N–H and O–H groups in total. The van der Waals surface area contributed by atoms with Crippen LogP contribution in [-0.4, -0.2) is 30.1 Å². The van der Waals surface area contributed by atoms with Crippen LogP contribution in [0.1, 0.15) is 35.2 Å². The van der Waals surface area contributed by atoms with Crippen molar-refractivity contribution in [2.24, 2.45) is 5.10 Å². The van der Waals surface area contributed by atoms with E-state index in [2.05, 4.69) is 5.10 Å². The number of benzene rings is 1. The van der Waals surface area contributed by atoms with E-state index in [-0.39, 0.29) is 5.78 Å². The van der Waals surface area contributed by atoms with Crippen LogP contribution in [0.15, 0.2) is 29.4 Å². The van der Waals surface area contributed by atoms with Crippen LogP contribution in [0.2, 0.25) is 0 Å². The molecule has 0 spiro atoms. The van der Waals surface area contributed by atoms with Crippen molar-refractivity contribution in [3.63, 3.8) is 0 Å². The number of hydrogen-bond donors (Lipinski definition) is 0. The molecule has 1 aliphatic rings. The summed E-state index contributed by atoms with van der Waals surface area (Å²) < 4.78 is 0. The van der Waals surface area contributed by atoms with Gasteiger partial charge in [-0.15, -0.1) is 0 Å². The molecule has 1 saturated heterocycles. The summed E-state index contributed by atoms with van der Waals surface area (Å²) in [5.41, 5.74) is 1.87. The second kappa shape index (κ2) is 5.62. The first-order valence-electron chi connectivity index (χ1n) is 6.15. The van der Waals surface area contributed by atoms with Gasteiger partial charge in [-0.25, -0.2) is 0 Å². The van der Waals surface area contributed by atoms with Crippen molar-refractivity contribution in [1.82, 2.24) is 5.01 Å². The maximum atomic E-state index is 11.8. The summed E-state index contributed by atoms with van der Waals surface area (Å²) in [6, 6.07) is 7.59. The van der Waals surface area contributed by atoms with Crippen molar-refractivity contribution in [2.45, 2.75) is 26.2 Å². The maximum Gasteiger partial charge on any atom is 0.205 e. The molecule has 90 valence electrons. The van der Waals surface area contributed by atoms with Crippen molar-refractivity contribution in [3.8, 4) is 0 Å². The molecule has 1 aromatic rings. The lowest BCUT2D eigenvalue weighted by Gasteiger charge is -2.22. The van der Waals surface area contributed by atoms with Gasteiger partial charge in [0.15, 0.2) is 0 Å². The summed E-state index contributed by atoms with van der Waals surface area (Å²) in [6.07, 6.45) is 5.07. The smallest absolute Gasteiger partial charge is 0.205 e. The first kappa shape index (κ1) is 11.8. The second-order valence-electron chi connectivity index (χ2n) is 4.49. The molecule has 0 aliphatic carbocycles. The second-order valence-corrected chi connectivity index (χ2v) is 4.49. The van der Waals surface area contributed by atoms with Crippen LogP contribution in [0.5, 0.6) is 0 Å². The fourth-order valence-corrected chi connectivity index (χ4v) is 1.92. The lowest BCUT2D eigenvalue weighted by atomic mass is 10.1. The van der Waals surface area contributed by atoms with Crippen molar-refractivity contribution in [2.75, 3.05) is 13.1 Å². The third kappa shape index (κ3) is 3.41. The molecule has 0 atom stereocenters. The number of piperidine rings is 1. The van der Waals surface area contributed by atoms with E-state index in [0.29, 0.717) is 5.56 Å². The molecule has 3 heteroatoms. The standard InChI is InChI=1S/C14H18N2O/c1-12-5-7-13(8-6-12)14(17)11-15-16-9-3-2-4-10-16/h5-8,11H,2-4,9-10H2,1H3/b15-11-. The molecular formula is C14H18N2O. The van der Waals surface area contributed by atoms with Crippen LogP contribution < -0.4 is 0 Å². The molecule has 2 rings (SSSR count). The highest BCUT2D eigenvalue weighted by Crippen LogP contribution is 2.08. The molecule has 0 bridgehead atoms. The number of aryl methyl sites for hydroxylation is 1. The normalized spacial score (nSPS) is 16.4. The van der Waals surface area contributed by atoms with Crippen LogP contribution in [0.3, 0.4) is 0 Å². The molecule has 0 saturated carbocycles. The number of ketones is 1. The van der Waals surface area contributed by atoms with Crippen molar-refractivity contribution in [1.29, 1.82) is 0 Å². The van der Waals surface area contributed by atoms with Crippen LogP contribution in [-0.2, 0) is 0 Å². The van der Waals surface area contributed by atoms with Crippen molar-refractivity contribution in [3.05, 3.63) is 35.4 Å². The Morgan fingerprint density at radius 3 is 2.47 bits per heavy atom. The Balaban J connectivity index is 1.96. The van der Waals surface area contributed by atoms with Gasteiger partial charge >= 0.3 is 0 Å². The maximum absolute atomic E-state index is 11.8. The minimum Gasteiger partial charge on any atom is -0.297 e. The van der Waals surface area contributed by atoms with Gasteiger partial charge in [0.05, 0.1) is 6.21 Å². The minimum absolute atomic E-state index is 0.0180. The van der Waals surface area contributed by atoms with Gasteiger partial charge in [0.1, 0.15) is 0 Å². The Hall–Kier alpha value is -1.64. The predicted octanol–water partition coefficient (Wildman–Crippen LogP) is 2.65. The number of Topliss-reactive ketones (excluding diaryl/α,β-unsaturated/α-hetero) is 1. The molecule has 1 aliphatic heterocycles. The van der Waals surface area contributed by atoms with Crippen molar-refractivity contribution >= 4 is 12.0 Å². The number of carbonyl (C=O) groups is 1. The van der Waals surface area contributed by atoms with Crippen molar-refractivity contribution < 1.29 is 4.79 Å². The van der Waals surface area contributed by atoms with Gasteiger partial charge in [0, 0.05) is 18.7 Å². The highest BCUT2D eigenvalue weighted by Gasteiger charge is 2.07. The largest absolute Gasteiger partial charge is 0.297 e. The number of rotatable bonds is 3. The van der Waals surface area contributed by atoms with Gasteiger partial charge in [-0.3, -0.25) is 9.80 Å². The molecule has 3 nitrogen and oxygen atoms in total. The molecule has 1 aromatic carbocycles. The van der Waals surface area contributed by atoms with E-state index in [9.17, 15) is 4.79 Å². The molecule has 1 fully saturated rings. The van der Waals surface area contributed by atoms with Crippen LogP contribution in [0.4, 0.5) is 0 Å². The zero-order valence-electron chi connectivity index (χ0n) is 10.2. The Morgan fingerprint density at radius 1 is 1.18 bits per heavy atom. The fourth-order valence-electron chi connectivity index (χ4n) is 1.92. The number of hydrogen-bond acceptors (Lipinski definition) is 3. The van der Waals surface area contributed by atoms with E-state index < -0.39 is 0 Å². The summed E-state index contributed by atoms with van der Waals surface area (Å²) >= 11 is 0. The number of carbonyl (C=O) groups excluding carboxylic acids is 1. The predicted molar refractivity (Wildman–Crippen MR) is 69.4 cm³/mol. The summed E-state index contributed by atoms with van der Waals surface area (Å²) in [4.78, 5) is 11.8. The van der Waals surface area contributed by atoms with Gasteiger partial charge in [-0.1, -0.05) is 29.8 Å². The first-order valence-corrected chi connectivity index (χ1v) is 6.15. The molecule has 0 amide bonds. The van der Waals surface area contributed by atoms with Crippen LogP contribution >= 0.6 is 0 Å². The highest BCUT2D eigenvalue weighted by atomic mass is 16.1. The van der Waals surface area contributed by atoms with E-state index >= 15 is 0 Å². The van der Waals surface area contributed by atoms with Gasteiger partial charge in [0.25, 0.3) is 0 Å². The Bertz CT molecular complexity index is 403. The monoisotopic (exact) mass is 230 g/mol. The average molecular weight is 230 g/mol. The summed E-state index contributed by atoms with van der Waals surface area (Å²) in [7, 11) is 0. The first-order chi connectivity index (χ1) is 8.25. The Labute approximate surface area is 102 Å². The summed E-state index contributed by atoms with van der Waals surface area (Å²) in [5, 5.41) is 6.22. The number of nitrogens with zero attached hydrogens (tertiary/aromatic N) is 2. The van der Waals surface area contributed by atoms with Gasteiger partial charge in [0.2, 0.25) is 5.78 Å². The molecule has 0 radical (unpaired) electrons. The third-order valence-corrected chi connectivity index (χ3v) is 3.01. The molecule has 17 heavy (non-hydrogen) atoms. The van der Waals surface area contributed by atoms with Crippen LogP contribution in [0, 0.1) is 6.92 Å². The third-order valence-electron chi connectivity index (χ3n) is 3.01. The highest BCUT2D eigenvalue weighted by molar-refractivity contribution is 6.35. The van der Waals surface area contributed by atoms with E-state index in [1.54, 1.807) is 0 Å². The van der Waals surface area contributed by atoms with Gasteiger partial charge in [-0.2, -0.15) is 5.10 Å². The molecule has 1 heterocycles. The molecule has 0 unspecified atom stereocenters. The van der Waals surface area contributed by atoms with E-state index in [0.717, 1.165) is 18.7 Å². The SMILES string of the molecule is Cc1ccc(C(=O)/C=N\N2CCCCC2)cc1. The zero-order chi connectivity index (χ0) is 12.1. The summed E-state index contributed by atoms with van der Waals surface area (Å²) in [6.45, 7) is 3.95. The summed E-state index contributed by atoms with van der Waals surface area (Å²) in [5.74, 6) is -0.0180. The number of hydrazone groups is 1. The fraction of sp³-hybridized carbons (Fsp3) is 0.429. The van der Waals surface area contributed by atoms with Gasteiger partial charge in [-0.05, 0) is 26.2 Å². The molecule has 0 aromatic heterocycles. The lowest BCUT2D eigenvalue weighted by molar-refractivity contribution is 0.106. The lowest BCUT2D eigenvalue weighted by Crippen LogP contribution is -2.25. The average Bonchev–Trinajstić information content (AvgIpc) is 2.38. The quantitative estimate of drug-likeness (QED) is 0.590. The molecular weight excluding hydrogens is 212 g/mol. The Morgan fingerprint density at radius 2 is 1.82 bits per heavy atom. The minimum atomic E-state index is -0.0180. The van der Waals surface area contributed by atoms with E-state index in [1.807, 2.05) is 36.2 Å². The van der Waals surface area contributed by atoms with Crippen LogP contribution in [0.25, 0.3) is 0 Å². The van der Waals surface area contributed by atoms with Gasteiger partial charge < -0.3 is 0 Å². The zero-order valence-corrected chi connectivity index (χ0v) is 10.2. The van der Waals surface area contributed by atoms with E-state index in [4.69, 9.17) is 0 Å². The van der Waals surface area contributed by atoms with E-state index in [1.165, 1.54) is 25.5 Å².